The Morgan fingerprint density at radius 2 is 1.72 bits per heavy atom. The van der Waals surface area contributed by atoms with Gasteiger partial charge in [-0.1, -0.05) is 0 Å². The number of pyridine rings is 1. The van der Waals surface area contributed by atoms with E-state index in [1.165, 1.54) is 12.1 Å². The van der Waals surface area contributed by atoms with Crippen LogP contribution < -0.4 is 0 Å². The van der Waals surface area contributed by atoms with Crippen LogP contribution in [0.1, 0.15) is 5.69 Å². The molecule has 3 aromatic rings. The molecule has 2 heterocycles. The number of aromatic nitrogens is 3. The van der Waals surface area contributed by atoms with E-state index in [0.29, 0.717) is 17.0 Å². The van der Waals surface area contributed by atoms with E-state index in [1.54, 1.807) is 0 Å². The van der Waals surface area contributed by atoms with Crippen LogP contribution in [0.25, 0.3) is 22.6 Å². The number of fused-ring (bicyclic) bond motifs is 1. The molecule has 0 bridgehead atoms. The molecule has 3 nitrogen and oxygen atoms in total. The first kappa shape index (κ1) is 10.8. The molecule has 18 heavy (non-hydrogen) atoms. The first-order chi connectivity index (χ1) is 8.61. The molecule has 0 spiro atoms. The molecule has 90 valence electrons. The van der Waals surface area contributed by atoms with Crippen LogP contribution in [0.4, 0.5) is 8.78 Å². The fraction of sp³-hybridized carbons (Fsp3) is 0.0769. The summed E-state index contributed by atoms with van der Waals surface area (Å²) in [5.74, 6) is -0.856. The average molecular weight is 245 g/mol. The van der Waals surface area contributed by atoms with Gasteiger partial charge in [0.25, 0.3) is 0 Å². The van der Waals surface area contributed by atoms with Crippen molar-refractivity contribution in [3.05, 3.63) is 47.7 Å². The molecule has 2 aromatic heterocycles. The van der Waals surface area contributed by atoms with Gasteiger partial charge in [-0.15, -0.1) is 0 Å². The normalized spacial score (nSPS) is 11.1. The van der Waals surface area contributed by atoms with Crippen molar-refractivity contribution in [2.75, 3.05) is 0 Å². The summed E-state index contributed by atoms with van der Waals surface area (Å²) in [4.78, 5) is 11.4. The van der Waals surface area contributed by atoms with Gasteiger partial charge in [-0.2, -0.15) is 0 Å². The van der Waals surface area contributed by atoms with Crippen LogP contribution in [-0.2, 0) is 0 Å². The van der Waals surface area contributed by atoms with Crippen molar-refractivity contribution in [1.82, 2.24) is 15.0 Å². The van der Waals surface area contributed by atoms with E-state index in [1.807, 2.05) is 19.1 Å². The van der Waals surface area contributed by atoms with Crippen molar-refractivity contribution in [1.29, 1.82) is 0 Å². The summed E-state index contributed by atoms with van der Waals surface area (Å²) in [6.07, 6.45) is 0. The molecule has 0 unspecified atom stereocenters. The number of hydrogen-bond acceptors (Lipinski definition) is 2. The van der Waals surface area contributed by atoms with Crippen molar-refractivity contribution in [2.45, 2.75) is 6.92 Å². The zero-order valence-electron chi connectivity index (χ0n) is 9.54. The van der Waals surface area contributed by atoms with Gasteiger partial charge in [0.1, 0.15) is 17.5 Å². The van der Waals surface area contributed by atoms with Crippen LogP contribution in [0, 0.1) is 18.6 Å². The smallest absolute Gasteiger partial charge is 0.178 e. The Morgan fingerprint density at radius 1 is 1.00 bits per heavy atom. The van der Waals surface area contributed by atoms with E-state index in [2.05, 4.69) is 15.0 Å². The molecule has 1 N–H and O–H groups in total. The van der Waals surface area contributed by atoms with E-state index >= 15 is 0 Å². The number of H-pyrrole nitrogens is 1. The molecule has 0 aliphatic carbocycles. The Kier molecular flexibility index (Phi) is 2.33. The maximum Gasteiger partial charge on any atom is 0.178 e. The SMILES string of the molecule is Cc1ccc2[nH]c(-c3cc(F)cc(F)c3)nc2n1. The minimum absolute atomic E-state index is 0.364. The number of imidazole rings is 1. The lowest BCUT2D eigenvalue weighted by Crippen LogP contribution is -1.85. The van der Waals surface area contributed by atoms with Crippen molar-refractivity contribution >= 4 is 11.2 Å². The van der Waals surface area contributed by atoms with Crippen molar-refractivity contribution < 1.29 is 8.78 Å². The fourth-order valence-corrected chi connectivity index (χ4v) is 1.81. The summed E-state index contributed by atoms with van der Waals surface area (Å²) in [5, 5.41) is 0. The largest absolute Gasteiger partial charge is 0.337 e. The zero-order valence-corrected chi connectivity index (χ0v) is 9.54. The first-order valence-electron chi connectivity index (χ1n) is 5.42. The molecule has 0 atom stereocenters. The van der Waals surface area contributed by atoms with Crippen LogP contribution in [0.5, 0.6) is 0 Å². The van der Waals surface area contributed by atoms with Gasteiger partial charge >= 0.3 is 0 Å². The highest BCUT2D eigenvalue weighted by molar-refractivity contribution is 5.75. The average Bonchev–Trinajstić information content (AvgIpc) is 2.70. The van der Waals surface area contributed by atoms with Gasteiger partial charge in [0.15, 0.2) is 5.65 Å². The van der Waals surface area contributed by atoms with E-state index < -0.39 is 11.6 Å². The lowest BCUT2D eigenvalue weighted by atomic mass is 10.2. The summed E-state index contributed by atoms with van der Waals surface area (Å²) in [6.45, 7) is 1.86. The van der Waals surface area contributed by atoms with Gasteiger partial charge in [-0.3, -0.25) is 0 Å². The molecular weight excluding hydrogens is 236 g/mol. The van der Waals surface area contributed by atoms with E-state index in [-0.39, 0.29) is 0 Å². The Balaban J connectivity index is 2.19. The van der Waals surface area contributed by atoms with Crippen molar-refractivity contribution in [3.8, 4) is 11.4 Å². The number of nitrogens with zero attached hydrogens (tertiary/aromatic N) is 2. The Bertz CT molecular complexity index is 714. The van der Waals surface area contributed by atoms with Gasteiger partial charge in [0, 0.05) is 17.3 Å². The highest BCUT2D eigenvalue weighted by Crippen LogP contribution is 2.21. The molecule has 0 radical (unpaired) electrons. The summed E-state index contributed by atoms with van der Waals surface area (Å²) in [7, 11) is 0. The summed E-state index contributed by atoms with van der Waals surface area (Å²) in [6, 6.07) is 6.97. The fourth-order valence-electron chi connectivity index (χ4n) is 1.81. The minimum atomic E-state index is -0.630. The van der Waals surface area contributed by atoms with Crippen LogP contribution in [0.15, 0.2) is 30.3 Å². The second-order valence-electron chi connectivity index (χ2n) is 4.07. The molecule has 0 aliphatic rings. The second kappa shape index (κ2) is 3.87. The van der Waals surface area contributed by atoms with Crippen LogP contribution in [-0.4, -0.2) is 15.0 Å². The lowest BCUT2D eigenvalue weighted by Gasteiger charge is -1.97. The third-order valence-electron chi connectivity index (χ3n) is 2.62. The highest BCUT2D eigenvalue weighted by Gasteiger charge is 2.09. The third-order valence-corrected chi connectivity index (χ3v) is 2.62. The molecule has 0 fully saturated rings. The van der Waals surface area contributed by atoms with E-state index in [4.69, 9.17) is 0 Å². The number of nitrogens with one attached hydrogen (secondary N) is 1. The minimum Gasteiger partial charge on any atom is -0.337 e. The van der Waals surface area contributed by atoms with Crippen LogP contribution in [0.3, 0.4) is 0 Å². The van der Waals surface area contributed by atoms with Gasteiger partial charge in [-0.25, -0.2) is 18.7 Å². The molecule has 0 amide bonds. The predicted octanol–water partition coefficient (Wildman–Crippen LogP) is 3.21. The van der Waals surface area contributed by atoms with Crippen molar-refractivity contribution in [3.63, 3.8) is 0 Å². The molecular formula is C13H9F2N3. The van der Waals surface area contributed by atoms with E-state index in [9.17, 15) is 8.78 Å². The van der Waals surface area contributed by atoms with Crippen LogP contribution >= 0.6 is 0 Å². The van der Waals surface area contributed by atoms with Gasteiger partial charge in [-0.05, 0) is 31.2 Å². The first-order valence-corrected chi connectivity index (χ1v) is 5.42. The lowest BCUT2D eigenvalue weighted by molar-refractivity contribution is 0.584. The molecule has 0 saturated carbocycles. The maximum absolute atomic E-state index is 13.1. The summed E-state index contributed by atoms with van der Waals surface area (Å²) >= 11 is 0. The number of aromatic amines is 1. The molecule has 3 rings (SSSR count). The Morgan fingerprint density at radius 3 is 2.44 bits per heavy atom. The quantitative estimate of drug-likeness (QED) is 0.715. The summed E-state index contributed by atoms with van der Waals surface area (Å²) in [5.41, 5.74) is 2.48. The number of halogens is 2. The number of benzene rings is 1. The third kappa shape index (κ3) is 1.84. The molecule has 0 aliphatic heterocycles. The summed E-state index contributed by atoms with van der Waals surface area (Å²) < 4.78 is 26.3. The Labute approximate surface area is 102 Å². The second-order valence-corrected chi connectivity index (χ2v) is 4.07. The molecule has 1 aromatic carbocycles. The van der Waals surface area contributed by atoms with E-state index in [0.717, 1.165) is 17.3 Å². The predicted molar refractivity (Wildman–Crippen MR) is 64.0 cm³/mol. The monoisotopic (exact) mass is 245 g/mol. The topological polar surface area (TPSA) is 41.6 Å². The van der Waals surface area contributed by atoms with Gasteiger partial charge in [0.05, 0.1) is 5.52 Å². The highest BCUT2D eigenvalue weighted by atomic mass is 19.1. The maximum atomic E-state index is 13.1. The molecule has 5 heteroatoms. The zero-order chi connectivity index (χ0) is 12.7. The van der Waals surface area contributed by atoms with Gasteiger partial charge < -0.3 is 4.98 Å². The molecule has 0 saturated heterocycles. The standard InChI is InChI=1S/C13H9F2N3/c1-7-2-3-11-13(16-7)18-12(17-11)8-4-9(14)6-10(15)5-8/h2-6H,1H3,(H,16,17,18). The number of aryl methyl sites for hydroxylation is 1. The number of hydrogen-bond donors (Lipinski definition) is 1. The van der Waals surface area contributed by atoms with Gasteiger partial charge in [0.2, 0.25) is 0 Å². The Hall–Kier alpha value is -2.30. The van der Waals surface area contributed by atoms with Crippen LogP contribution in [0.2, 0.25) is 0 Å². The number of rotatable bonds is 1. The van der Waals surface area contributed by atoms with Crippen molar-refractivity contribution in [2.24, 2.45) is 0 Å².